The molecule has 1 heterocycles. The fourth-order valence-corrected chi connectivity index (χ4v) is 1.45. The Bertz CT molecular complexity index is 312. The molecule has 4 heteroatoms. The lowest BCUT2D eigenvalue weighted by Gasteiger charge is -2.08. The van der Waals surface area contributed by atoms with Crippen molar-refractivity contribution >= 4 is 0 Å². The molecule has 0 bridgehead atoms. The number of pyridine rings is 1. The molecule has 0 saturated carbocycles. The van der Waals surface area contributed by atoms with Crippen LogP contribution in [0, 0.1) is 0 Å². The minimum absolute atomic E-state index is 0.494. The van der Waals surface area contributed by atoms with Crippen LogP contribution in [0.25, 0.3) is 0 Å². The number of hydrogen-bond donors (Lipinski definition) is 1. The van der Waals surface area contributed by atoms with Gasteiger partial charge in [-0.3, -0.25) is 4.98 Å². The maximum absolute atomic E-state index is 5.50. The molecule has 0 amide bonds. The lowest BCUT2D eigenvalue weighted by Crippen LogP contribution is -2.21. The lowest BCUT2D eigenvalue weighted by molar-refractivity contribution is 0.0910. The SMILES string of the molecule is COCCCOCc1ccc(CNC(C)C)cn1. The van der Waals surface area contributed by atoms with E-state index in [1.165, 1.54) is 5.56 Å². The third kappa shape index (κ3) is 6.69. The first-order chi connectivity index (χ1) is 8.72. The van der Waals surface area contributed by atoms with E-state index in [1.807, 2.05) is 12.3 Å². The Balaban J connectivity index is 2.23. The highest BCUT2D eigenvalue weighted by molar-refractivity contribution is 5.13. The molecule has 0 aromatic carbocycles. The number of hydrogen-bond acceptors (Lipinski definition) is 4. The molecular weight excluding hydrogens is 228 g/mol. The van der Waals surface area contributed by atoms with Gasteiger partial charge in [0.25, 0.3) is 0 Å². The van der Waals surface area contributed by atoms with Crippen molar-refractivity contribution in [1.82, 2.24) is 10.3 Å². The first kappa shape index (κ1) is 15.1. The summed E-state index contributed by atoms with van der Waals surface area (Å²) in [5, 5.41) is 3.36. The highest BCUT2D eigenvalue weighted by Crippen LogP contribution is 2.02. The quantitative estimate of drug-likeness (QED) is 0.684. The molecule has 1 N–H and O–H groups in total. The maximum atomic E-state index is 5.50. The molecule has 1 aromatic rings. The summed E-state index contributed by atoms with van der Waals surface area (Å²) in [7, 11) is 1.70. The van der Waals surface area contributed by atoms with Crippen LogP contribution in [0.4, 0.5) is 0 Å². The maximum Gasteiger partial charge on any atom is 0.0887 e. The number of rotatable bonds is 9. The van der Waals surface area contributed by atoms with E-state index < -0.39 is 0 Å². The minimum Gasteiger partial charge on any atom is -0.385 e. The summed E-state index contributed by atoms with van der Waals surface area (Å²) in [4.78, 5) is 4.38. The van der Waals surface area contributed by atoms with Crippen molar-refractivity contribution in [2.75, 3.05) is 20.3 Å². The summed E-state index contributed by atoms with van der Waals surface area (Å²) in [5.41, 5.74) is 2.17. The van der Waals surface area contributed by atoms with Gasteiger partial charge in [-0.05, 0) is 18.1 Å². The minimum atomic E-state index is 0.494. The average molecular weight is 252 g/mol. The molecule has 0 saturated heterocycles. The highest BCUT2D eigenvalue weighted by atomic mass is 16.5. The molecule has 0 atom stereocenters. The van der Waals surface area contributed by atoms with Crippen molar-refractivity contribution in [3.05, 3.63) is 29.6 Å². The Labute approximate surface area is 110 Å². The molecule has 0 spiro atoms. The fraction of sp³-hybridized carbons (Fsp3) is 0.643. The Morgan fingerprint density at radius 1 is 1.28 bits per heavy atom. The van der Waals surface area contributed by atoms with Crippen LogP contribution in [-0.2, 0) is 22.6 Å². The number of methoxy groups -OCH3 is 1. The van der Waals surface area contributed by atoms with Crippen LogP contribution in [0.1, 0.15) is 31.5 Å². The lowest BCUT2D eigenvalue weighted by atomic mass is 10.2. The van der Waals surface area contributed by atoms with Crippen molar-refractivity contribution < 1.29 is 9.47 Å². The molecule has 4 nitrogen and oxygen atoms in total. The second-order valence-corrected chi connectivity index (χ2v) is 4.59. The second kappa shape index (κ2) is 9.03. The Hall–Kier alpha value is -0.970. The number of ether oxygens (including phenoxy) is 2. The van der Waals surface area contributed by atoms with Crippen LogP contribution < -0.4 is 5.32 Å². The average Bonchev–Trinajstić information content (AvgIpc) is 2.37. The summed E-state index contributed by atoms with van der Waals surface area (Å²) in [6.45, 7) is 7.16. The van der Waals surface area contributed by atoms with Crippen LogP contribution in [0.3, 0.4) is 0 Å². The van der Waals surface area contributed by atoms with Crippen LogP contribution >= 0.6 is 0 Å². The van der Waals surface area contributed by atoms with Crippen molar-refractivity contribution in [3.63, 3.8) is 0 Å². The van der Waals surface area contributed by atoms with Gasteiger partial charge < -0.3 is 14.8 Å². The van der Waals surface area contributed by atoms with E-state index in [-0.39, 0.29) is 0 Å². The van der Waals surface area contributed by atoms with Gasteiger partial charge in [0.05, 0.1) is 12.3 Å². The summed E-state index contributed by atoms with van der Waals surface area (Å²) in [6.07, 6.45) is 2.83. The smallest absolute Gasteiger partial charge is 0.0887 e. The third-order valence-electron chi connectivity index (χ3n) is 2.49. The van der Waals surface area contributed by atoms with Crippen molar-refractivity contribution in [2.24, 2.45) is 0 Å². The Morgan fingerprint density at radius 3 is 2.72 bits per heavy atom. The van der Waals surface area contributed by atoms with Gasteiger partial charge in [-0.15, -0.1) is 0 Å². The van der Waals surface area contributed by atoms with E-state index in [1.54, 1.807) is 7.11 Å². The topological polar surface area (TPSA) is 43.4 Å². The van der Waals surface area contributed by atoms with Gasteiger partial charge in [-0.1, -0.05) is 19.9 Å². The van der Waals surface area contributed by atoms with Gasteiger partial charge in [0.1, 0.15) is 0 Å². The molecular formula is C14H24N2O2. The zero-order valence-corrected chi connectivity index (χ0v) is 11.6. The highest BCUT2D eigenvalue weighted by Gasteiger charge is 1.98. The van der Waals surface area contributed by atoms with Crippen molar-refractivity contribution in [3.8, 4) is 0 Å². The van der Waals surface area contributed by atoms with Crippen molar-refractivity contribution in [1.29, 1.82) is 0 Å². The van der Waals surface area contributed by atoms with E-state index in [9.17, 15) is 0 Å². The summed E-state index contributed by atoms with van der Waals surface area (Å²) >= 11 is 0. The molecule has 0 radical (unpaired) electrons. The fourth-order valence-electron chi connectivity index (χ4n) is 1.45. The van der Waals surface area contributed by atoms with E-state index in [0.29, 0.717) is 19.3 Å². The molecule has 0 aliphatic carbocycles. The molecule has 18 heavy (non-hydrogen) atoms. The second-order valence-electron chi connectivity index (χ2n) is 4.59. The van der Waals surface area contributed by atoms with Crippen LogP contribution in [0.2, 0.25) is 0 Å². The zero-order valence-electron chi connectivity index (χ0n) is 11.6. The zero-order chi connectivity index (χ0) is 13.2. The largest absolute Gasteiger partial charge is 0.385 e. The van der Waals surface area contributed by atoms with Gasteiger partial charge in [0, 0.05) is 39.1 Å². The molecule has 1 rings (SSSR count). The third-order valence-corrected chi connectivity index (χ3v) is 2.49. The first-order valence-corrected chi connectivity index (χ1v) is 6.46. The predicted molar refractivity (Wildman–Crippen MR) is 72.4 cm³/mol. The normalized spacial score (nSPS) is 11.1. The monoisotopic (exact) mass is 252 g/mol. The Morgan fingerprint density at radius 2 is 2.11 bits per heavy atom. The summed E-state index contributed by atoms with van der Waals surface area (Å²) in [5.74, 6) is 0. The van der Waals surface area contributed by atoms with Crippen molar-refractivity contribution in [2.45, 2.75) is 39.5 Å². The molecule has 102 valence electrons. The van der Waals surface area contributed by atoms with Gasteiger partial charge >= 0.3 is 0 Å². The van der Waals surface area contributed by atoms with Gasteiger partial charge in [0.2, 0.25) is 0 Å². The number of nitrogens with zero attached hydrogens (tertiary/aromatic N) is 1. The van der Waals surface area contributed by atoms with E-state index >= 15 is 0 Å². The van der Waals surface area contributed by atoms with Crippen LogP contribution in [0.5, 0.6) is 0 Å². The predicted octanol–water partition coefficient (Wildman–Crippen LogP) is 2.13. The van der Waals surface area contributed by atoms with Gasteiger partial charge in [-0.2, -0.15) is 0 Å². The van der Waals surface area contributed by atoms with Gasteiger partial charge in [0.15, 0.2) is 0 Å². The molecule has 1 aromatic heterocycles. The standard InChI is InChI=1S/C14H24N2O2/c1-12(2)15-9-13-5-6-14(16-10-13)11-18-8-4-7-17-3/h5-6,10,12,15H,4,7-9,11H2,1-3H3. The molecule has 0 aliphatic heterocycles. The summed E-state index contributed by atoms with van der Waals surface area (Å²) < 4.78 is 10.5. The number of nitrogens with one attached hydrogen (secondary N) is 1. The first-order valence-electron chi connectivity index (χ1n) is 6.46. The van der Waals surface area contributed by atoms with E-state index in [0.717, 1.165) is 25.3 Å². The summed E-state index contributed by atoms with van der Waals surface area (Å²) in [6, 6.07) is 4.61. The number of aromatic nitrogens is 1. The Kier molecular flexibility index (Phi) is 7.57. The van der Waals surface area contributed by atoms with E-state index in [2.05, 4.69) is 30.2 Å². The van der Waals surface area contributed by atoms with E-state index in [4.69, 9.17) is 9.47 Å². The van der Waals surface area contributed by atoms with Crippen LogP contribution in [0.15, 0.2) is 18.3 Å². The molecule has 0 fully saturated rings. The van der Waals surface area contributed by atoms with Crippen LogP contribution in [-0.4, -0.2) is 31.3 Å². The molecule has 0 aliphatic rings. The molecule has 0 unspecified atom stereocenters. The van der Waals surface area contributed by atoms with Gasteiger partial charge in [-0.25, -0.2) is 0 Å².